The quantitative estimate of drug-likeness (QED) is 0.879. The molecule has 1 aromatic heterocycles. The van der Waals surface area contributed by atoms with Crippen LogP contribution in [0.2, 0.25) is 5.02 Å². The van der Waals surface area contributed by atoms with Crippen LogP contribution in [0.25, 0.3) is 0 Å². The van der Waals surface area contributed by atoms with E-state index in [0.717, 1.165) is 0 Å². The van der Waals surface area contributed by atoms with E-state index in [1.165, 1.54) is 12.1 Å². The Kier molecular flexibility index (Phi) is 4.97. The van der Waals surface area contributed by atoms with E-state index in [1.54, 1.807) is 12.1 Å². The molecule has 0 unspecified atom stereocenters. The van der Waals surface area contributed by atoms with Crippen LogP contribution in [0, 0.1) is 0 Å². The van der Waals surface area contributed by atoms with Crippen LogP contribution in [-0.2, 0) is 16.4 Å². The SMILES string of the molecule is CC(C)c1nnc(CCNS(=O)(=O)c2ccccc2Cl)o1. The van der Waals surface area contributed by atoms with Gasteiger partial charge in [-0.1, -0.05) is 37.6 Å². The second-order valence-electron chi connectivity index (χ2n) is 4.77. The lowest BCUT2D eigenvalue weighted by Crippen LogP contribution is -2.26. The summed E-state index contributed by atoms with van der Waals surface area (Å²) >= 11 is 5.88. The molecule has 6 nitrogen and oxygen atoms in total. The lowest BCUT2D eigenvalue weighted by molar-refractivity contribution is 0.431. The van der Waals surface area contributed by atoms with Crippen LogP contribution in [0.3, 0.4) is 0 Å². The highest BCUT2D eigenvalue weighted by Crippen LogP contribution is 2.20. The Morgan fingerprint density at radius 3 is 2.62 bits per heavy atom. The van der Waals surface area contributed by atoms with Crippen LogP contribution < -0.4 is 4.72 Å². The smallest absolute Gasteiger partial charge is 0.242 e. The van der Waals surface area contributed by atoms with Gasteiger partial charge in [-0.15, -0.1) is 10.2 Å². The van der Waals surface area contributed by atoms with Gasteiger partial charge in [-0.05, 0) is 12.1 Å². The van der Waals surface area contributed by atoms with Gasteiger partial charge in [0.15, 0.2) is 0 Å². The summed E-state index contributed by atoms with van der Waals surface area (Å²) < 4.78 is 32.1. The summed E-state index contributed by atoms with van der Waals surface area (Å²) in [6.45, 7) is 4.04. The highest BCUT2D eigenvalue weighted by Gasteiger charge is 2.17. The largest absolute Gasteiger partial charge is 0.425 e. The molecule has 0 spiro atoms. The number of sulfonamides is 1. The van der Waals surface area contributed by atoms with Crippen molar-refractivity contribution in [2.75, 3.05) is 6.54 Å². The average Bonchev–Trinajstić information content (AvgIpc) is 2.88. The van der Waals surface area contributed by atoms with Crippen LogP contribution in [-0.4, -0.2) is 25.2 Å². The highest BCUT2D eigenvalue weighted by molar-refractivity contribution is 7.89. The number of nitrogens with one attached hydrogen (secondary N) is 1. The minimum atomic E-state index is -3.64. The molecule has 1 heterocycles. The standard InChI is InChI=1S/C13H16ClN3O3S/c1-9(2)13-17-16-12(20-13)7-8-15-21(18,19)11-6-4-3-5-10(11)14/h3-6,9,15H,7-8H2,1-2H3. The van der Waals surface area contributed by atoms with E-state index >= 15 is 0 Å². The lowest BCUT2D eigenvalue weighted by atomic mass is 10.2. The zero-order valence-electron chi connectivity index (χ0n) is 11.7. The molecule has 0 aliphatic heterocycles. The van der Waals surface area contributed by atoms with E-state index in [9.17, 15) is 8.42 Å². The number of hydrogen-bond acceptors (Lipinski definition) is 5. The number of hydrogen-bond donors (Lipinski definition) is 1. The summed E-state index contributed by atoms with van der Waals surface area (Å²) in [7, 11) is -3.64. The molecule has 8 heteroatoms. The second-order valence-corrected chi connectivity index (χ2v) is 6.91. The van der Waals surface area contributed by atoms with Crippen molar-refractivity contribution >= 4 is 21.6 Å². The maximum Gasteiger partial charge on any atom is 0.242 e. The maximum absolute atomic E-state index is 12.1. The van der Waals surface area contributed by atoms with Crippen molar-refractivity contribution < 1.29 is 12.8 Å². The van der Waals surface area contributed by atoms with Crippen LogP contribution in [0.15, 0.2) is 33.6 Å². The number of halogens is 1. The van der Waals surface area contributed by atoms with Crippen LogP contribution in [0.5, 0.6) is 0 Å². The third-order valence-corrected chi connectivity index (χ3v) is 4.69. The van der Waals surface area contributed by atoms with Gasteiger partial charge in [-0.25, -0.2) is 13.1 Å². The molecule has 1 aromatic carbocycles. The van der Waals surface area contributed by atoms with Crippen molar-refractivity contribution in [2.24, 2.45) is 0 Å². The van der Waals surface area contributed by atoms with Gasteiger partial charge in [-0.2, -0.15) is 0 Å². The molecular formula is C13H16ClN3O3S. The fraction of sp³-hybridized carbons (Fsp3) is 0.385. The Labute approximate surface area is 128 Å². The Bertz CT molecular complexity index is 713. The van der Waals surface area contributed by atoms with Gasteiger partial charge in [-0.3, -0.25) is 0 Å². The molecule has 0 radical (unpaired) electrons. The van der Waals surface area contributed by atoms with Gasteiger partial charge in [0.2, 0.25) is 21.8 Å². The van der Waals surface area contributed by atoms with Crippen molar-refractivity contribution in [3.8, 4) is 0 Å². The summed E-state index contributed by atoms with van der Waals surface area (Å²) in [5.41, 5.74) is 0. The normalized spacial score (nSPS) is 12.0. The Hall–Kier alpha value is -1.44. The molecule has 0 saturated heterocycles. The molecule has 0 aliphatic rings. The molecule has 114 valence electrons. The van der Waals surface area contributed by atoms with E-state index in [0.29, 0.717) is 18.2 Å². The van der Waals surface area contributed by atoms with Crippen molar-refractivity contribution in [3.63, 3.8) is 0 Å². The van der Waals surface area contributed by atoms with Gasteiger partial charge < -0.3 is 4.42 Å². The minimum absolute atomic E-state index is 0.0556. The summed E-state index contributed by atoms with van der Waals surface area (Å²) in [6, 6.07) is 6.28. The van der Waals surface area contributed by atoms with Crippen LogP contribution in [0.4, 0.5) is 0 Å². The van der Waals surface area contributed by atoms with E-state index in [4.69, 9.17) is 16.0 Å². The summed E-state index contributed by atoms with van der Waals surface area (Å²) in [5.74, 6) is 1.09. The summed E-state index contributed by atoms with van der Waals surface area (Å²) in [5, 5.41) is 7.94. The molecular weight excluding hydrogens is 314 g/mol. The molecule has 0 saturated carbocycles. The Morgan fingerprint density at radius 2 is 2.00 bits per heavy atom. The molecule has 0 bridgehead atoms. The molecule has 0 aliphatic carbocycles. The van der Waals surface area contributed by atoms with Crippen molar-refractivity contribution in [3.05, 3.63) is 41.1 Å². The van der Waals surface area contributed by atoms with Gasteiger partial charge in [0.05, 0.1) is 5.02 Å². The zero-order chi connectivity index (χ0) is 15.5. The van der Waals surface area contributed by atoms with Gasteiger partial charge in [0.1, 0.15) is 4.90 Å². The van der Waals surface area contributed by atoms with E-state index < -0.39 is 10.0 Å². The monoisotopic (exact) mass is 329 g/mol. The lowest BCUT2D eigenvalue weighted by Gasteiger charge is -2.06. The van der Waals surface area contributed by atoms with E-state index in [-0.39, 0.29) is 22.4 Å². The van der Waals surface area contributed by atoms with E-state index in [1.807, 2.05) is 13.8 Å². The molecule has 2 aromatic rings. The zero-order valence-corrected chi connectivity index (χ0v) is 13.3. The predicted octanol–water partition coefficient (Wildman–Crippen LogP) is 2.37. The topological polar surface area (TPSA) is 85.1 Å². The van der Waals surface area contributed by atoms with Gasteiger partial charge >= 0.3 is 0 Å². The molecule has 21 heavy (non-hydrogen) atoms. The van der Waals surface area contributed by atoms with Gasteiger partial charge in [0, 0.05) is 18.9 Å². The highest BCUT2D eigenvalue weighted by atomic mass is 35.5. The first-order valence-electron chi connectivity index (χ1n) is 6.46. The first kappa shape index (κ1) is 15.9. The third kappa shape index (κ3) is 4.03. The fourth-order valence-corrected chi connectivity index (χ4v) is 3.18. The van der Waals surface area contributed by atoms with Crippen LogP contribution >= 0.6 is 11.6 Å². The number of benzene rings is 1. The van der Waals surface area contributed by atoms with E-state index in [2.05, 4.69) is 14.9 Å². The molecule has 2 rings (SSSR count). The van der Waals surface area contributed by atoms with Gasteiger partial charge in [0.25, 0.3) is 0 Å². The second kappa shape index (κ2) is 6.55. The summed E-state index contributed by atoms with van der Waals surface area (Å²) in [4.78, 5) is 0.0556. The summed E-state index contributed by atoms with van der Waals surface area (Å²) in [6.07, 6.45) is 0.323. The molecule has 1 N–H and O–H groups in total. The first-order chi connectivity index (χ1) is 9.90. The average molecular weight is 330 g/mol. The first-order valence-corrected chi connectivity index (χ1v) is 8.32. The predicted molar refractivity (Wildman–Crippen MR) is 78.7 cm³/mol. The maximum atomic E-state index is 12.1. The number of aromatic nitrogens is 2. The van der Waals surface area contributed by atoms with Crippen LogP contribution in [0.1, 0.15) is 31.5 Å². The van der Waals surface area contributed by atoms with Crippen molar-refractivity contribution in [1.82, 2.24) is 14.9 Å². The number of rotatable bonds is 6. The molecule has 0 fully saturated rings. The molecule has 0 amide bonds. The number of nitrogens with zero attached hydrogens (tertiary/aromatic N) is 2. The van der Waals surface area contributed by atoms with Crippen molar-refractivity contribution in [2.45, 2.75) is 31.1 Å². The minimum Gasteiger partial charge on any atom is -0.425 e. The van der Waals surface area contributed by atoms with Crippen molar-refractivity contribution in [1.29, 1.82) is 0 Å². The third-order valence-electron chi connectivity index (χ3n) is 2.73. The Morgan fingerprint density at radius 1 is 1.29 bits per heavy atom. The Balaban J connectivity index is 1.98. The molecule has 0 atom stereocenters. The fourth-order valence-electron chi connectivity index (χ4n) is 1.63.